The smallest absolute Gasteiger partial charge is 0.303 e. The van der Waals surface area contributed by atoms with Gasteiger partial charge < -0.3 is 39.4 Å². The molecule has 1 amide bonds. The molecule has 250 valence electrons. The molecule has 1 spiro atoms. The molecule has 3 aliphatic heterocycles. The molecule has 3 fully saturated rings. The number of rotatable bonds is 12. The first-order valence-electron chi connectivity index (χ1n) is 16.6. The molecule has 6 rings (SSSR count). The number of benzene rings is 3. The normalized spacial score (nSPS) is 22.7. The van der Waals surface area contributed by atoms with E-state index in [2.05, 4.69) is 28.4 Å². The number of nitrogens with one attached hydrogen (secondary N) is 1. The number of hydrogen-bond donors (Lipinski definition) is 3. The molecule has 10 nitrogen and oxygen atoms in total. The minimum absolute atomic E-state index is 0.00278. The monoisotopic (exact) mass is 644 g/mol. The lowest BCUT2D eigenvalue weighted by atomic mass is 9.97. The predicted octanol–water partition coefficient (Wildman–Crippen LogP) is 5.10. The van der Waals surface area contributed by atoms with Crippen molar-refractivity contribution in [2.45, 2.75) is 76.0 Å². The van der Waals surface area contributed by atoms with Crippen molar-refractivity contribution in [3.8, 4) is 11.1 Å². The molecule has 0 radical (unpaired) electrons. The Morgan fingerprint density at radius 2 is 1.57 bits per heavy atom. The van der Waals surface area contributed by atoms with Crippen molar-refractivity contribution in [1.82, 2.24) is 10.2 Å². The van der Waals surface area contributed by atoms with E-state index in [4.69, 9.17) is 24.1 Å². The molecule has 47 heavy (non-hydrogen) atoms. The molecule has 0 aromatic heterocycles. The van der Waals surface area contributed by atoms with Gasteiger partial charge in [-0.15, -0.1) is 0 Å². The summed E-state index contributed by atoms with van der Waals surface area (Å²) in [6, 6.07) is 24.1. The average molecular weight is 645 g/mol. The number of carbonyl (C=O) groups excluding carboxylic acids is 1. The van der Waals surface area contributed by atoms with E-state index in [-0.39, 0.29) is 37.6 Å². The first-order chi connectivity index (χ1) is 22.9. The van der Waals surface area contributed by atoms with Crippen LogP contribution in [-0.4, -0.2) is 71.7 Å². The third kappa shape index (κ3) is 8.84. The topological polar surface area (TPSA) is 127 Å². The highest BCUT2D eigenvalue weighted by molar-refractivity contribution is 5.76. The van der Waals surface area contributed by atoms with E-state index in [1.807, 2.05) is 54.6 Å². The summed E-state index contributed by atoms with van der Waals surface area (Å²) < 4.78 is 25.2. The first-order valence-corrected chi connectivity index (χ1v) is 16.6. The van der Waals surface area contributed by atoms with E-state index < -0.39 is 18.0 Å². The molecular formula is C37H44N2O8. The minimum Gasteiger partial charge on any atom is -0.481 e. The van der Waals surface area contributed by atoms with Gasteiger partial charge >= 0.3 is 5.97 Å². The Bertz CT molecular complexity index is 1500. The third-order valence-electron chi connectivity index (χ3n) is 9.21. The number of ether oxygens (including phenoxy) is 4. The van der Waals surface area contributed by atoms with E-state index in [1.54, 1.807) is 0 Å². The summed E-state index contributed by atoms with van der Waals surface area (Å²) in [7, 11) is 0. The maximum Gasteiger partial charge on any atom is 0.303 e. The summed E-state index contributed by atoms with van der Waals surface area (Å²) in [6.45, 7) is 4.24. The lowest BCUT2D eigenvalue weighted by molar-refractivity contribution is -0.255. The Kier molecular flexibility index (Phi) is 11.0. The Labute approximate surface area is 275 Å². The van der Waals surface area contributed by atoms with Crippen LogP contribution in [-0.2, 0) is 41.7 Å². The fourth-order valence-corrected chi connectivity index (χ4v) is 6.60. The van der Waals surface area contributed by atoms with Crippen LogP contribution in [0.3, 0.4) is 0 Å². The number of nitrogens with zero attached hydrogens (tertiary/aromatic N) is 1. The van der Waals surface area contributed by atoms with Crippen molar-refractivity contribution >= 4 is 11.9 Å². The van der Waals surface area contributed by atoms with Crippen molar-refractivity contribution in [1.29, 1.82) is 0 Å². The molecule has 10 heteroatoms. The minimum atomic E-state index is -0.899. The summed E-state index contributed by atoms with van der Waals surface area (Å²) in [5, 5.41) is 21.3. The van der Waals surface area contributed by atoms with Crippen LogP contribution in [0.1, 0.15) is 73.2 Å². The van der Waals surface area contributed by atoms with Crippen LogP contribution in [0, 0.1) is 0 Å². The van der Waals surface area contributed by atoms with E-state index in [9.17, 15) is 14.7 Å². The molecular weight excluding hydrogens is 600 g/mol. The standard InChI is InChI=1S/C37H44N2O8/c40-25-26-10-12-28(13-11-26)33-22-32(24-39-16-14-37(15-17-39)44-18-19-45-37)46-36(47-33)31-7-2-6-30(21-31)29-5-1-4-27(20-29)23-38-34(41)8-3-9-35(42)43/h1-2,4-7,10-13,20-21,32-33,36,40H,3,8-9,14-19,22-25H2,(H,38,41)(H,42,43)/t32-,33+,36+/m0/s1. The van der Waals surface area contributed by atoms with Gasteiger partial charge in [0.1, 0.15) is 0 Å². The highest BCUT2D eigenvalue weighted by Crippen LogP contribution is 2.40. The van der Waals surface area contributed by atoms with E-state index in [0.717, 1.165) is 65.9 Å². The number of carboxylic acids is 1. The SMILES string of the molecule is O=C(O)CCCC(=O)NCc1cccc(-c2cccc([C@@H]3O[C@H](CN4CCC5(CC4)OCCO5)C[C@H](c4ccc(CO)cc4)O3)c2)c1. The second-order valence-corrected chi connectivity index (χ2v) is 12.6. The Balaban J connectivity index is 1.15. The van der Waals surface area contributed by atoms with Gasteiger partial charge in [-0.1, -0.05) is 60.7 Å². The van der Waals surface area contributed by atoms with Crippen molar-refractivity contribution in [3.05, 3.63) is 95.1 Å². The lowest BCUT2D eigenvalue weighted by Gasteiger charge is -2.41. The fourth-order valence-electron chi connectivity index (χ4n) is 6.60. The highest BCUT2D eigenvalue weighted by Gasteiger charge is 2.41. The maximum atomic E-state index is 12.2. The maximum absolute atomic E-state index is 12.2. The summed E-state index contributed by atoms with van der Waals surface area (Å²) in [5.41, 5.74) is 5.80. The first kappa shape index (κ1) is 33.3. The van der Waals surface area contributed by atoms with Gasteiger partial charge in [0.15, 0.2) is 12.1 Å². The van der Waals surface area contributed by atoms with Crippen LogP contribution in [0.2, 0.25) is 0 Å². The van der Waals surface area contributed by atoms with Crippen molar-refractivity contribution in [2.24, 2.45) is 0 Å². The summed E-state index contributed by atoms with van der Waals surface area (Å²) in [5.74, 6) is -1.48. The molecule has 3 saturated heterocycles. The van der Waals surface area contributed by atoms with Gasteiger partial charge in [-0.25, -0.2) is 0 Å². The second kappa shape index (κ2) is 15.5. The molecule has 3 heterocycles. The summed E-state index contributed by atoms with van der Waals surface area (Å²) in [6.07, 6.45) is 2.10. The Hall–Kier alpha value is -3.64. The van der Waals surface area contributed by atoms with Gasteiger partial charge in [0, 0.05) is 63.8 Å². The molecule has 3 atom stereocenters. The summed E-state index contributed by atoms with van der Waals surface area (Å²) in [4.78, 5) is 25.4. The van der Waals surface area contributed by atoms with Crippen LogP contribution in [0.4, 0.5) is 0 Å². The van der Waals surface area contributed by atoms with Crippen LogP contribution in [0.15, 0.2) is 72.8 Å². The second-order valence-electron chi connectivity index (χ2n) is 12.6. The van der Waals surface area contributed by atoms with Crippen LogP contribution in [0.25, 0.3) is 11.1 Å². The van der Waals surface area contributed by atoms with E-state index in [1.165, 1.54) is 0 Å². The van der Waals surface area contributed by atoms with Gasteiger partial charge in [0.05, 0.1) is 32.0 Å². The molecule has 3 N–H and O–H groups in total. The van der Waals surface area contributed by atoms with Gasteiger partial charge in [-0.3, -0.25) is 9.59 Å². The molecule has 0 saturated carbocycles. The fraction of sp³-hybridized carbons (Fsp3) is 0.459. The zero-order chi connectivity index (χ0) is 32.6. The Morgan fingerprint density at radius 3 is 2.30 bits per heavy atom. The number of hydrogen-bond acceptors (Lipinski definition) is 8. The number of aliphatic hydroxyl groups is 1. The quantitative estimate of drug-likeness (QED) is 0.247. The van der Waals surface area contributed by atoms with Crippen LogP contribution in [0.5, 0.6) is 0 Å². The number of aliphatic hydroxyl groups excluding tert-OH is 1. The van der Waals surface area contributed by atoms with Crippen molar-refractivity contribution in [2.75, 3.05) is 32.8 Å². The molecule has 3 aromatic carbocycles. The molecule has 3 aliphatic rings. The highest BCUT2D eigenvalue weighted by atomic mass is 16.7. The molecule has 0 bridgehead atoms. The van der Waals surface area contributed by atoms with Crippen molar-refractivity contribution in [3.63, 3.8) is 0 Å². The number of carbonyl (C=O) groups is 2. The Morgan fingerprint density at radius 1 is 0.851 bits per heavy atom. The largest absolute Gasteiger partial charge is 0.481 e. The van der Waals surface area contributed by atoms with Gasteiger partial charge in [0.2, 0.25) is 5.91 Å². The number of carboxylic acid groups (broad SMARTS) is 1. The van der Waals surface area contributed by atoms with E-state index >= 15 is 0 Å². The number of amides is 1. The number of likely N-dealkylation sites (tertiary alicyclic amines) is 1. The zero-order valence-corrected chi connectivity index (χ0v) is 26.6. The van der Waals surface area contributed by atoms with Crippen LogP contribution >= 0.6 is 0 Å². The molecule has 3 aromatic rings. The number of piperidine rings is 1. The average Bonchev–Trinajstić information content (AvgIpc) is 3.56. The summed E-state index contributed by atoms with van der Waals surface area (Å²) >= 11 is 0. The number of aliphatic carboxylic acids is 1. The van der Waals surface area contributed by atoms with Gasteiger partial charge in [0.25, 0.3) is 0 Å². The van der Waals surface area contributed by atoms with Crippen LogP contribution < -0.4 is 5.32 Å². The lowest BCUT2D eigenvalue weighted by Crippen LogP contribution is -2.48. The predicted molar refractivity (Wildman–Crippen MR) is 174 cm³/mol. The van der Waals surface area contributed by atoms with E-state index in [0.29, 0.717) is 32.6 Å². The van der Waals surface area contributed by atoms with Gasteiger partial charge in [-0.2, -0.15) is 0 Å². The van der Waals surface area contributed by atoms with Crippen molar-refractivity contribution < 1.29 is 38.7 Å². The van der Waals surface area contributed by atoms with Gasteiger partial charge in [-0.05, 0) is 46.4 Å². The molecule has 0 unspecified atom stereocenters. The third-order valence-corrected chi connectivity index (χ3v) is 9.21. The molecule has 0 aliphatic carbocycles. The zero-order valence-electron chi connectivity index (χ0n) is 26.6.